The minimum Gasteiger partial charge on any atom is -0.443 e. The molecule has 0 aliphatic rings. The Kier molecular flexibility index (Phi) is 5.08. The van der Waals surface area contributed by atoms with Crippen molar-refractivity contribution in [3.63, 3.8) is 0 Å². The topological polar surface area (TPSA) is 42.4 Å². The zero-order chi connectivity index (χ0) is 15.7. The van der Waals surface area contributed by atoms with Crippen LogP contribution in [0.5, 0.6) is 0 Å². The minimum atomic E-state index is -0.577. The predicted octanol–water partition coefficient (Wildman–Crippen LogP) is 5.04. The van der Waals surface area contributed by atoms with E-state index in [-0.39, 0.29) is 5.15 Å². The molecule has 0 bridgehead atoms. The second-order valence-corrected chi connectivity index (χ2v) is 7.72. The maximum Gasteiger partial charge on any atom is 0.415 e. The third-order valence-corrected chi connectivity index (χ3v) is 3.00. The van der Waals surface area contributed by atoms with Crippen LogP contribution in [0, 0.1) is 0 Å². The summed E-state index contributed by atoms with van der Waals surface area (Å²) in [6.07, 6.45) is 1.13. The van der Waals surface area contributed by atoms with E-state index in [2.05, 4.69) is 20.9 Å². The van der Waals surface area contributed by atoms with E-state index in [9.17, 15) is 4.79 Å². The third-order valence-electron chi connectivity index (χ3n) is 2.27. The molecule has 0 spiro atoms. The molecule has 0 unspecified atom stereocenters. The summed E-state index contributed by atoms with van der Waals surface area (Å²) in [6, 6.07) is 1.75. The number of amides is 1. The van der Waals surface area contributed by atoms with Crippen molar-refractivity contribution in [3.05, 3.63) is 21.9 Å². The van der Waals surface area contributed by atoms with Crippen LogP contribution in [0.4, 0.5) is 10.5 Å². The van der Waals surface area contributed by atoms with Gasteiger partial charge in [-0.25, -0.2) is 9.78 Å². The zero-order valence-electron chi connectivity index (χ0n) is 12.6. The lowest BCUT2D eigenvalue weighted by Crippen LogP contribution is -2.48. The molecule has 0 aliphatic heterocycles. The molecule has 0 atom stereocenters. The molecule has 1 aromatic rings. The van der Waals surface area contributed by atoms with Crippen molar-refractivity contribution in [3.8, 4) is 0 Å². The van der Waals surface area contributed by atoms with Gasteiger partial charge >= 0.3 is 6.09 Å². The van der Waals surface area contributed by atoms with E-state index in [0.29, 0.717) is 5.69 Å². The molecule has 0 aliphatic carbocycles. The molecule has 1 rings (SSSR count). The van der Waals surface area contributed by atoms with Gasteiger partial charge in [-0.3, -0.25) is 4.90 Å². The van der Waals surface area contributed by atoms with Gasteiger partial charge in [-0.05, 0) is 63.5 Å². The zero-order valence-corrected chi connectivity index (χ0v) is 15.0. The molecule has 0 N–H and O–H groups in total. The monoisotopic (exact) mass is 362 g/mol. The first-order valence-corrected chi connectivity index (χ1v) is 7.43. The molecule has 1 aromatic heterocycles. The molecule has 112 valence electrons. The smallest absolute Gasteiger partial charge is 0.415 e. The van der Waals surface area contributed by atoms with E-state index in [4.69, 9.17) is 16.3 Å². The minimum absolute atomic E-state index is 0.258. The lowest BCUT2D eigenvalue weighted by atomic mass is 10.1. The number of carbonyl (C=O) groups is 1. The molecular weight excluding hydrogens is 344 g/mol. The van der Waals surface area contributed by atoms with Gasteiger partial charge in [0.25, 0.3) is 0 Å². The van der Waals surface area contributed by atoms with Crippen molar-refractivity contribution in [1.29, 1.82) is 0 Å². The first-order chi connectivity index (χ1) is 8.92. The fourth-order valence-electron chi connectivity index (χ4n) is 1.61. The van der Waals surface area contributed by atoms with Crippen LogP contribution in [-0.4, -0.2) is 22.2 Å². The average molecular weight is 364 g/mol. The third kappa shape index (κ3) is 4.63. The molecule has 0 fully saturated rings. The molecule has 1 amide bonds. The van der Waals surface area contributed by atoms with Crippen molar-refractivity contribution >= 4 is 39.3 Å². The van der Waals surface area contributed by atoms with Gasteiger partial charge in [0, 0.05) is 16.2 Å². The summed E-state index contributed by atoms with van der Waals surface area (Å²) in [5.74, 6) is 0. The van der Waals surface area contributed by atoms with Gasteiger partial charge in [0.05, 0.1) is 5.69 Å². The van der Waals surface area contributed by atoms with Crippen LogP contribution in [0.15, 0.2) is 16.7 Å². The quantitative estimate of drug-likeness (QED) is 0.657. The number of halogens is 2. The van der Waals surface area contributed by atoms with E-state index < -0.39 is 17.2 Å². The van der Waals surface area contributed by atoms with Gasteiger partial charge < -0.3 is 4.74 Å². The summed E-state index contributed by atoms with van der Waals surface area (Å²) in [5, 5.41) is 0.258. The molecule has 6 heteroatoms. The molecule has 0 saturated heterocycles. The van der Waals surface area contributed by atoms with Crippen molar-refractivity contribution in [2.24, 2.45) is 0 Å². The van der Waals surface area contributed by atoms with Gasteiger partial charge in [0.2, 0.25) is 0 Å². The highest BCUT2D eigenvalue weighted by Gasteiger charge is 2.33. The number of rotatable bonds is 1. The van der Waals surface area contributed by atoms with Crippen molar-refractivity contribution in [1.82, 2.24) is 4.98 Å². The fraction of sp³-hybridized carbons (Fsp3) is 0.571. The summed E-state index contributed by atoms with van der Waals surface area (Å²) < 4.78 is 6.21. The number of pyridine rings is 1. The Bertz CT molecular complexity index is 507. The number of nitrogens with zero attached hydrogens (tertiary/aromatic N) is 2. The van der Waals surface area contributed by atoms with E-state index in [1.54, 1.807) is 12.3 Å². The van der Waals surface area contributed by atoms with Crippen LogP contribution in [0.3, 0.4) is 0 Å². The van der Waals surface area contributed by atoms with Crippen LogP contribution in [0.25, 0.3) is 0 Å². The average Bonchev–Trinajstić information content (AvgIpc) is 2.18. The number of ether oxygens (including phenoxy) is 1. The Balaban J connectivity index is 3.27. The van der Waals surface area contributed by atoms with Crippen LogP contribution in [0.2, 0.25) is 5.15 Å². The summed E-state index contributed by atoms with van der Waals surface area (Å²) in [5.41, 5.74) is -0.552. The maximum absolute atomic E-state index is 12.5. The molecule has 0 aromatic carbocycles. The molecule has 1 heterocycles. The van der Waals surface area contributed by atoms with Crippen molar-refractivity contribution in [2.45, 2.75) is 52.7 Å². The maximum atomic E-state index is 12.5. The summed E-state index contributed by atoms with van der Waals surface area (Å²) in [6.45, 7) is 11.2. The number of anilines is 1. The Morgan fingerprint density at radius 2 is 1.85 bits per heavy atom. The second-order valence-electron chi connectivity index (χ2n) is 6.45. The Labute approximate surface area is 133 Å². The van der Waals surface area contributed by atoms with Gasteiger partial charge in [-0.1, -0.05) is 11.6 Å². The highest BCUT2D eigenvalue weighted by molar-refractivity contribution is 9.10. The molecule has 4 nitrogen and oxygen atoms in total. The van der Waals surface area contributed by atoms with Crippen LogP contribution >= 0.6 is 27.5 Å². The summed E-state index contributed by atoms with van der Waals surface area (Å²) in [7, 11) is 0. The van der Waals surface area contributed by atoms with E-state index in [1.807, 2.05) is 41.5 Å². The highest BCUT2D eigenvalue weighted by Crippen LogP contribution is 2.33. The first-order valence-electron chi connectivity index (χ1n) is 6.26. The molecule has 0 radical (unpaired) electrons. The number of aromatic nitrogens is 1. The van der Waals surface area contributed by atoms with Gasteiger partial charge in [-0.2, -0.15) is 0 Å². The Morgan fingerprint density at radius 1 is 1.30 bits per heavy atom. The number of hydrogen-bond donors (Lipinski definition) is 0. The van der Waals surface area contributed by atoms with E-state index >= 15 is 0 Å². The van der Waals surface area contributed by atoms with Crippen LogP contribution in [-0.2, 0) is 4.74 Å². The normalized spacial score (nSPS) is 12.2. The van der Waals surface area contributed by atoms with E-state index in [0.717, 1.165) is 4.47 Å². The molecular formula is C14H20BrClN2O2. The predicted molar refractivity (Wildman–Crippen MR) is 85.4 cm³/mol. The van der Waals surface area contributed by atoms with Gasteiger partial charge in [0.15, 0.2) is 5.15 Å². The standard InChI is InChI=1S/C14H20BrClN2O2/c1-13(2,3)18(12(19)20-14(4,5)6)10-7-9(15)8-17-11(10)16/h7-8H,1-6H3. The van der Waals surface area contributed by atoms with Crippen LogP contribution in [0.1, 0.15) is 41.5 Å². The van der Waals surface area contributed by atoms with Gasteiger partial charge in [-0.15, -0.1) is 0 Å². The molecule has 0 saturated carbocycles. The molecule has 20 heavy (non-hydrogen) atoms. The van der Waals surface area contributed by atoms with Gasteiger partial charge in [0.1, 0.15) is 5.60 Å². The summed E-state index contributed by atoms with van der Waals surface area (Å²) >= 11 is 9.47. The second kappa shape index (κ2) is 5.90. The van der Waals surface area contributed by atoms with Crippen molar-refractivity contribution in [2.75, 3.05) is 4.90 Å². The Morgan fingerprint density at radius 3 is 2.30 bits per heavy atom. The highest BCUT2D eigenvalue weighted by atomic mass is 79.9. The number of hydrogen-bond acceptors (Lipinski definition) is 3. The number of carbonyl (C=O) groups excluding carboxylic acids is 1. The van der Waals surface area contributed by atoms with Crippen LogP contribution < -0.4 is 4.90 Å². The first kappa shape index (κ1) is 17.2. The summed E-state index contributed by atoms with van der Waals surface area (Å²) in [4.78, 5) is 18.0. The lowest BCUT2D eigenvalue weighted by Gasteiger charge is -2.37. The fourth-order valence-corrected chi connectivity index (χ4v) is 2.12. The van der Waals surface area contributed by atoms with Crippen molar-refractivity contribution < 1.29 is 9.53 Å². The van der Waals surface area contributed by atoms with E-state index in [1.165, 1.54) is 4.90 Å². The lowest BCUT2D eigenvalue weighted by molar-refractivity contribution is 0.0550. The Hall–Kier alpha value is -0.810. The largest absolute Gasteiger partial charge is 0.443 e. The SMILES string of the molecule is CC(C)(C)OC(=O)N(c1cc(Br)cnc1Cl)C(C)(C)C.